The third-order valence-corrected chi connectivity index (χ3v) is 5.14. The molecule has 1 saturated carbocycles. The molecular formula is C16H23N3S. The fraction of sp³-hybridized carbons (Fsp3) is 0.625. The molecular weight excluding hydrogens is 266 g/mol. The smallest absolute Gasteiger partial charge is 0.151 e. The molecule has 2 heterocycles. The molecule has 1 aliphatic carbocycles. The van der Waals surface area contributed by atoms with E-state index in [4.69, 9.17) is 0 Å². The number of thioether (sulfide) groups is 1. The lowest BCUT2D eigenvalue weighted by atomic mass is 9.89. The number of aromatic nitrogens is 2. The zero-order chi connectivity index (χ0) is 13.6. The van der Waals surface area contributed by atoms with Crippen LogP contribution in [0.5, 0.6) is 0 Å². The molecule has 3 nitrogen and oxygen atoms in total. The summed E-state index contributed by atoms with van der Waals surface area (Å²) in [4.78, 5) is 2.33. The minimum atomic E-state index is 0.754. The van der Waals surface area contributed by atoms with Crippen molar-refractivity contribution in [2.45, 2.75) is 32.1 Å². The highest BCUT2D eigenvalue weighted by molar-refractivity contribution is 7.99. The summed E-state index contributed by atoms with van der Waals surface area (Å²) in [5, 5.41) is 8.73. The van der Waals surface area contributed by atoms with Gasteiger partial charge in [0.05, 0.1) is 5.69 Å². The van der Waals surface area contributed by atoms with Crippen LogP contribution in [0.15, 0.2) is 18.2 Å². The highest BCUT2D eigenvalue weighted by Crippen LogP contribution is 2.25. The molecule has 0 spiro atoms. The van der Waals surface area contributed by atoms with E-state index in [-0.39, 0.29) is 0 Å². The Bertz CT molecular complexity index is 432. The summed E-state index contributed by atoms with van der Waals surface area (Å²) >= 11 is 2.02. The second-order valence-corrected chi connectivity index (χ2v) is 6.90. The first-order valence-corrected chi connectivity index (χ1v) is 8.92. The van der Waals surface area contributed by atoms with Gasteiger partial charge in [-0.25, -0.2) is 0 Å². The first-order valence-electron chi connectivity index (χ1n) is 7.76. The van der Waals surface area contributed by atoms with E-state index in [1.165, 1.54) is 43.6 Å². The van der Waals surface area contributed by atoms with E-state index in [9.17, 15) is 0 Å². The summed E-state index contributed by atoms with van der Waals surface area (Å²) in [6.07, 6.45) is 11.3. The summed E-state index contributed by atoms with van der Waals surface area (Å²) in [7, 11) is 0. The maximum absolute atomic E-state index is 4.38. The predicted molar refractivity (Wildman–Crippen MR) is 87.2 cm³/mol. The number of anilines is 1. The predicted octanol–water partition coefficient (Wildman–Crippen LogP) is 3.62. The van der Waals surface area contributed by atoms with Crippen LogP contribution in [-0.2, 0) is 0 Å². The quantitative estimate of drug-likeness (QED) is 0.850. The Morgan fingerprint density at radius 3 is 2.55 bits per heavy atom. The molecule has 1 aromatic heterocycles. The molecule has 0 unspecified atom stereocenters. The monoisotopic (exact) mass is 289 g/mol. The highest BCUT2D eigenvalue weighted by Gasteiger charge is 2.13. The second kappa shape index (κ2) is 7.11. The van der Waals surface area contributed by atoms with E-state index in [0.29, 0.717) is 0 Å². The van der Waals surface area contributed by atoms with Crippen molar-refractivity contribution in [2.75, 3.05) is 29.5 Å². The topological polar surface area (TPSA) is 29.0 Å². The van der Waals surface area contributed by atoms with Crippen LogP contribution in [0, 0.1) is 5.92 Å². The van der Waals surface area contributed by atoms with Gasteiger partial charge >= 0.3 is 0 Å². The number of nitrogens with zero attached hydrogens (tertiary/aromatic N) is 3. The van der Waals surface area contributed by atoms with Gasteiger partial charge in [0.15, 0.2) is 5.82 Å². The molecule has 1 saturated heterocycles. The van der Waals surface area contributed by atoms with Crippen LogP contribution in [0.25, 0.3) is 6.08 Å². The lowest BCUT2D eigenvalue weighted by molar-refractivity contribution is 0.420. The second-order valence-electron chi connectivity index (χ2n) is 5.67. The fourth-order valence-corrected chi connectivity index (χ4v) is 3.85. The van der Waals surface area contributed by atoms with Crippen LogP contribution in [0.4, 0.5) is 5.82 Å². The number of allylic oxidation sites excluding steroid dienone is 1. The van der Waals surface area contributed by atoms with E-state index in [2.05, 4.69) is 39.4 Å². The van der Waals surface area contributed by atoms with Crippen molar-refractivity contribution in [3.63, 3.8) is 0 Å². The molecule has 1 aromatic rings. The van der Waals surface area contributed by atoms with Gasteiger partial charge in [-0.1, -0.05) is 25.3 Å². The van der Waals surface area contributed by atoms with E-state index in [0.717, 1.165) is 30.5 Å². The average Bonchev–Trinajstić information content (AvgIpc) is 2.55. The van der Waals surface area contributed by atoms with Crippen molar-refractivity contribution in [2.24, 2.45) is 5.92 Å². The maximum atomic E-state index is 4.38. The lowest BCUT2D eigenvalue weighted by Gasteiger charge is -2.26. The number of hydrogen-bond acceptors (Lipinski definition) is 4. The molecule has 4 heteroatoms. The Kier molecular flexibility index (Phi) is 4.96. The van der Waals surface area contributed by atoms with Crippen LogP contribution in [0.3, 0.4) is 0 Å². The summed E-state index contributed by atoms with van der Waals surface area (Å²) in [6, 6.07) is 4.22. The van der Waals surface area contributed by atoms with Crippen LogP contribution in [0.2, 0.25) is 0 Å². The molecule has 0 radical (unpaired) electrons. The largest absolute Gasteiger partial charge is 0.353 e. The minimum Gasteiger partial charge on any atom is -0.353 e. The first-order chi connectivity index (χ1) is 9.92. The van der Waals surface area contributed by atoms with E-state index in [1.807, 2.05) is 11.8 Å². The Labute approximate surface area is 125 Å². The van der Waals surface area contributed by atoms with Crippen molar-refractivity contribution in [1.82, 2.24) is 10.2 Å². The zero-order valence-electron chi connectivity index (χ0n) is 12.0. The molecule has 0 bridgehead atoms. The molecule has 0 amide bonds. The Morgan fingerprint density at radius 1 is 1.05 bits per heavy atom. The highest BCUT2D eigenvalue weighted by atomic mass is 32.2. The van der Waals surface area contributed by atoms with Gasteiger partial charge in [-0.05, 0) is 37.0 Å². The van der Waals surface area contributed by atoms with Crippen molar-refractivity contribution in [1.29, 1.82) is 0 Å². The van der Waals surface area contributed by atoms with Gasteiger partial charge < -0.3 is 4.90 Å². The molecule has 108 valence electrons. The van der Waals surface area contributed by atoms with Gasteiger partial charge in [-0.2, -0.15) is 11.8 Å². The standard InChI is InChI=1S/C16H23N3S/c1-2-4-14(5-3-1)6-7-15-8-9-16(18-17-15)19-10-12-20-13-11-19/h6-9,14H,1-5,10-13H2. The average molecular weight is 289 g/mol. The Hall–Kier alpha value is -1.03. The Balaban J connectivity index is 1.59. The molecule has 1 aliphatic heterocycles. The van der Waals surface area contributed by atoms with Crippen molar-refractivity contribution >= 4 is 23.7 Å². The maximum Gasteiger partial charge on any atom is 0.151 e. The van der Waals surface area contributed by atoms with Crippen molar-refractivity contribution < 1.29 is 0 Å². The molecule has 2 fully saturated rings. The lowest BCUT2D eigenvalue weighted by Crippen LogP contribution is -2.33. The third kappa shape index (κ3) is 3.75. The molecule has 0 atom stereocenters. The normalized spacial score (nSPS) is 21.5. The third-order valence-electron chi connectivity index (χ3n) is 4.20. The van der Waals surface area contributed by atoms with E-state index >= 15 is 0 Å². The molecule has 3 rings (SSSR count). The SMILES string of the molecule is C(=CC1CCCCC1)c1ccc(N2CCSCC2)nn1. The van der Waals surface area contributed by atoms with Crippen molar-refractivity contribution in [3.05, 3.63) is 23.9 Å². The van der Waals surface area contributed by atoms with Gasteiger partial charge in [-0.15, -0.1) is 10.2 Å². The summed E-state index contributed by atoms with van der Waals surface area (Å²) < 4.78 is 0. The summed E-state index contributed by atoms with van der Waals surface area (Å²) in [5.41, 5.74) is 0.991. The number of rotatable bonds is 3. The van der Waals surface area contributed by atoms with E-state index < -0.39 is 0 Å². The fourth-order valence-electron chi connectivity index (χ4n) is 2.95. The molecule has 0 aromatic carbocycles. The van der Waals surface area contributed by atoms with E-state index in [1.54, 1.807) is 0 Å². The van der Waals surface area contributed by atoms with Gasteiger partial charge in [0.1, 0.15) is 0 Å². The minimum absolute atomic E-state index is 0.754. The summed E-state index contributed by atoms with van der Waals surface area (Å²) in [5.74, 6) is 4.18. The van der Waals surface area contributed by atoms with Gasteiger partial charge in [0.2, 0.25) is 0 Å². The van der Waals surface area contributed by atoms with Gasteiger partial charge in [0, 0.05) is 24.6 Å². The Morgan fingerprint density at radius 2 is 1.85 bits per heavy atom. The molecule has 20 heavy (non-hydrogen) atoms. The van der Waals surface area contributed by atoms with Crippen LogP contribution < -0.4 is 4.90 Å². The molecule has 2 aliphatic rings. The van der Waals surface area contributed by atoms with Gasteiger partial charge in [0.25, 0.3) is 0 Å². The zero-order valence-corrected chi connectivity index (χ0v) is 12.8. The van der Waals surface area contributed by atoms with Crippen LogP contribution in [-0.4, -0.2) is 34.8 Å². The molecule has 0 N–H and O–H groups in total. The van der Waals surface area contributed by atoms with Gasteiger partial charge in [-0.3, -0.25) is 0 Å². The van der Waals surface area contributed by atoms with Crippen LogP contribution in [0.1, 0.15) is 37.8 Å². The van der Waals surface area contributed by atoms with Crippen molar-refractivity contribution in [3.8, 4) is 0 Å². The first kappa shape index (κ1) is 13.9. The summed E-state index contributed by atoms with van der Waals surface area (Å²) in [6.45, 7) is 2.19. The van der Waals surface area contributed by atoms with Crippen LogP contribution >= 0.6 is 11.8 Å². The number of hydrogen-bond donors (Lipinski definition) is 0.